The van der Waals surface area contributed by atoms with Gasteiger partial charge in [0.15, 0.2) is 5.65 Å². The maximum absolute atomic E-state index is 13.1. The summed E-state index contributed by atoms with van der Waals surface area (Å²) in [6, 6.07) is 3.12. The molecular weight excluding hydrogens is 423 g/mol. The molecule has 0 aliphatic carbocycles. The molecule has 2 aliphatic rings. The lowest BCUT2D eigenvalue weighted by atomic mass is 9.95. The summed E-state index contributed by atoms with van der Waals surface area (Å²) < 4.78 is 40.0. The number of anilines is 1. The molecule has 176 valence electrons. The van der Waals surface area contributed by atoms with E-state index in [0.717, 1.165) is 24.1 Å². The molecule has 2 saturated heterocycles. The molecule has 1 N–H and O–H groups in total. The molecule has 1 amide bonds. The summed E-state index contributed by atoms with van der Waals surface area (Å²) in [7, 11) is 0. The smallest absolute Gasteiger partial charge is 0.356 e. The van der Waals surface area contributed by atoms with E-state index in [9.17, 15) is 18.0 Å². The fraction of sp³-hybridized carbons (Fsp3) is 0.714. The summed E-state index contributed by atoms with van der Waals surface area (Å²) in [6.07, 6.45) is 0.483. The fourth-order valence-corrected chi connectivity index (χ4v) is 4.56. The van der Waals surface area contributed by atoms with Gasteiger partial charge in [-0.3, -0.25) is 4.79 Å². The van der Waals surface area contributed by atoms with Crippen LogP contribution in [-0.4, -0.2) is 69.9 Å². The predicted octanol–water partition coefficient (Wildman–Crippen LogP) is 2.60. The highest BCUT2D eigenvalue weighted by Gasteiger charge is 2.38. The second-order valence-corrected chi connectivity index (χ2v) is 8.96. The molecule has 0 saturated carbocycles. The molecule has 2 aliphatic heterocycles. The van der Waals surface area contributed by atoms with Crippen molar-refractivity contribution in [3.05, 3.63) is 18.0 Å². The topological polar surface area (TPSA) is 78.7 Å². The van der Waals surface area contributed by atoms with Crippen LogP contribution in [0.5, 0.6) is 0 Å². The molecule has 2 fully saturated rings. The average molecular weight is 454 g/mol. The number of rotatable bonds is 6. The van der Waals surface area contributed by atoms with Crippen molar-refractivity contribution in [1.29, 1.82) is 0 Å². The highest BCUT2D eigenvalue weighted by atomic mass is 19.4. The van der Waals surface area contributed by atoms with Gasteiger partial charge in [-0.25, -0.2) is 0 Å². The Kier molecular flexibility index (Phi) is 6.82. The van der Waals surface area contributed by atoms with Gasteiger partial charge in [-0.15, -0.1) is 15.3 Å². The number of hydrogen-bond donors (Lipinski definition) is 1. The van der Waals surface area contributed by atoms with Gasteiger partial charge in [-0.2, -0.15) is 17.7 Å². The summed E-state index contributed by atoms with van der Waals surface area (Å²) >= 11 is 0. The minimum Gasteiger partial charge on any atom is -0.356 e. The molecule has 1 atom stereocenters. The van der Waals surface area contributed by atoms with Crippen molar-refractivity contribution in [1.82, 2.24) is 30.0 Å². The molecule has 4 rings (SSSR count). The lowest BCUT2D eigenvalue weighted by Crippen LogP contribution is -2.43. The number of nitrogens with one attached hydrogen (secondary N) is 1. The molecule has 11 heteroatoms. The van der Waals surface area contributed by atoms with Gasteiger partial charge in [-0.05, 0) is 56.8 Å². The Labute approximate surface area is 185 Å². The normalized spacial score (nSPS) is 19.9. The summed E-state index contributed by atoms with van der Waals surface area (Å²) in [5.41, 5.74) is 0.0500. The van der Waals surface area contributed by atoms with Crippen LogP contribution in [0.4, 0.5) is 19.0 Å². The van der Waals surface area contributed by atoms with Gasteiger partial charge in [0.2, 0.25) is 5.91 Å². The van der Waals surface area contributed by atoms with Crippen LogP contribution >= 0.6 is 0 Å². The van der Waals surface area contributed by atoms with Gasteiger partial charge in [0.05, 0.1) is 0 Å². The SMILES string of the molecule is CC(CNC(=O)C1CCN(c2ccc3nnc(C(F)(F)F)n3n2)CC1)CN1CCCCC1. The number of likely N-dealkylation sites (tertiary alicyclic amines) is 1. The lowest BCUT2D eigenvalue weighted by Gasteiger charge is -2.32. The van der Waals surface area contributed by atoms with Gasteiger partial charge < -0.3 is 15.1 Å². The second kappa shape index (κ2) is 9.60. The lowest BCUT2D eigenvalue weighted by molar-refractivity contribution is -0.146. The molecular formula is C21H30F3N7O. The third-order valence-electron chi connectivity index (χ3n) is 6.34. The number of hydrogen-bond acceptors (Lipinski definition) is 6. The van der Waals surface area contributed by atoms with Crippen molar-refractivity contribution in [2.75, 3.05) is 44.2 Å². The largest absolute Gasteiger partial charge is 0.453 e. The minimum atomic E-state index is -4.62. The first kappa shape index (κ1) is 22.8. The van der Waals surface area contributed by atoms with Crippen LogP contribution in [-0.2, 0) is 11.0 Å². The van der Waals surface area contributed by atoms with Crippen LogP contribution in [0.1, 0.15) is 44.9 Å². The number of piperidine rings is 2. The van der Waals surface area contributed by atoms with Crippen molar-refractivity contribution in [2.45, 2.75) is 45.2 Å². The number of carbonyl (C=O) groups excluding carboxylic acids is 1. The van der Waals surface area contributed by atoms with Crippen LogP contribution < -0.4 is 10.2 Å². The van der Waals surface area contributed by atoms with Crippen molar-refractivity contribution in [3.8, 4) is 0 Å². The molecule has 32 heavy (non-hydrogen) atoms. The Bertz CT molecular complexity index is 918. The highest BCUT2D eigenvalue weighted by molar-refractivity contribution is 5.79. The Hall–Kier alpha value is -2.43. The quantitative estimate of drug-likeness (QED) is 0.725. The first-order valence-corrected chi connectivity index (χ1v) is 11.4. The van der Waals surface area contributed by atoms with Crippen molar-refractivity contribution in [3.63, 3.8) is 0 Å². The van der Waals surface area contributed by atoms with Crippen LogP contribution in [0.15, 0.2) is 12.1 Å². The zero-order valence-corrected chi connectivity index (χ0v) is 18.3. The van der Waals surface area contributed by atoms with E-state index in [-0.39, 0.29) is 17.5 Å². The van der Waals surface area contributed by atoms with Gasteiger partial charge >= 0.3 is 6.18 Å². The summed E-state index contributed by atoms with van der Waals surface area (Å²) in [5.74, 6) is -0.326. The number of amides is 1. The Morgan fingerprint density at radius 2 is 1.84 bits per heavy atom. The van der Waals surface area contributed by atoms with E-state index in [1.165, 1.54) is 25.3 Å². The van der Waals surface area contributed by atoms with Crippen molar-refractivity contribution >= 4 is 17.4 Å². The van der Waals surface area contributed by atoms with E-state index in [1.54, 1.807) is 6.07 Å². The third kappa shape index (κ3) is 5.31. The molecule has 1 unspecified atom stereocenters. The predicted molar refractivity (Wildman–Crippen MR) is 113 cm³/mol. The van der Waals surface area contributed by atoms with E-state index >= 15 is 0 Å². The zero-order valence-electron chi connectivity index (χ0n) is 18.3. The number of alkyl halides is 3. The number of aromatic nitrogens is 4. The average Bonchev–Trinajstić information content (AvgIpc) is 3.22. The molecule has 0 bridgehead atoms. The number of halogens is 3. The number of nitrogens with zero attached hydrogens (tertiary/aromatic N) is 6. The van der Waals surface area contributed by atoms with E-state index in [0.29, 0.717) is 44.2 Å². The summed E-state index contributed by atoms with van der Waals surface area (Å²) in [5, 5.41) is 13.9. The van der Waals surface area contributed by atoms with E-state index < -0.39 is 12.0 Å². The van der Waals surface area contributed by atoms with Gasteiger partial charge in [-0.1, -0.05) is 13.3 Å². The third-order valence-corrected chi connectivity index (χ3v) is 6.34. The van der Waals surface area contributed by atoms with E-state index in [4.69, 9.17) is 0 Å². The van der Waals surface area contributed by atoms with Crippen LogP contribution in [0, 0.1) is 11.8 Å². The van der Waals surface area contributed by atoms with E-state index in [2.05, 4.69) is 32.4 Å². The summed E-state index contributed by atoms with van der Waals surface area (Å²) in [4.78, 5) is 17.0. The van der Waals surface area contributed by atoms with Crippen LogP contribution in [0.2, 0.25) is 0 Å². The van der Waals surface area contributed by atoms with Crippen LogP contribution in [0.3, 0.4) is 0 Å². The first-order valence-electron chi connectivity index (χ1n) is 11.4. The Morgan fingerprint density at radius 1 is 1.12 bits per heavy atom. The van der Waals surface area contributed by atoms with E-state index in [1.807, 2.05) is 4.90 Å². The highest BCUT2D eigenvalue weighted by Crippen LogP contribution is 2.28. The van der Waals surface area contributed by atoms with Crippen molar-refractivity contribution in [2.24, 2.45) is 11.8 Å². The molecule has 2 aromatic rings. The Balaban J connectivity index is 1.27. The fourth-order valence-electron chi connectivity index (χ4n) is 4.56. The number of fused-ring (bicyclic) bond motifs is 1. The molecule has 2 aromatic heterocycles. The molecule has 0 radical (unpaired) electrons. The molecule has 0 aromatic carbocycles. The monoisotopic (exact) mass is 453 g/mol. The molecule has 0 spiro atoms. The van der Waals surface area contributed by atoms with Gasteiger partial charge in [0.25, 0.3) is 5.82 Å². The maximum atomic E-state index is 13.1. The molecule has 8 nitrogen and oxygen atoms in total. The zero-order chi connectivity index (χ0) is 22.7. The standard InChI is InChI=1S/C21H30F3N7O/c1-15(14-29-9-3-2-4-10-29)13-25-19(32)16-7-11-30(12-8-16)18-6-5-17-26-27-20(21(22,23)24)31(17)28-18/h5-6,15-16H,2-4,7-14H2,1H3,(H,25,32). The van der Waals surface area contributed by atoms with Crippen LogP contribution in [0.25, 0.3) is 5.65 Å². The minimum absolute atomic E-state index is 0.0500. The second-order valence-electron chi connectivity index (χ2n) is 8.96. The molecule has 4 heterocycles. The summed E-state index contributed by atoms with van der Waals surface area (Å²) in [6.45, 7) is 7.26. The Morgan fingerprint density at radius 3 is 2.53 bits per heavy atom. The van der Waals surface area contributed by atoms with Crippen molar-refractivity contribution < 1.29 is 18.0 Å². The number of carbonyl (C=O) groups is 1. The van der Waals surface area contributed by atoms with Gasteiger partial charge in [0, 0.05) is 32.1 Å². The maximum Gasteiger partial charge on any atom is 0.453 e. The van der Waals surface area contributed by atoms with Gasteiger partial charge in [0.1, 0.15) is 5.82 Å². The first-order chi connectivity index (χ1) is 15.3.